The summed E-state index contributed by atoms with van der Waals surface area (Å²) in [6.07, 6.45) is 0. The molecule has 0 spiro atoms. The van der Waals surface area contributed by atoms with E-state index in [2.05, 4.69) is 335 Å². The van der Waals surface area contributed by atoms with Gasteiger partial charge >= 0.3 is 0 Å². The molecule has 490 valence electrons. The fourth-order valence-electron chi connectivity index (χ4n) is 16.8. The van der Waals surface area contributed by atoms with Crippen LogP contribution in [0.5, 0.6) is 0 Å². The van der Waals surface area contributed by atoms with E-state index in [-0.39, 0.29) is 0 Å². The number of hydrogen-bond donors (Lipinski definition) is 0. The van der Waals surface area contributed by atoms with Gasteiger partial charge in [-0.05, 0) is 207 Å². The van der Waals surface area contributed by atoms with E-state index in [9.17, 15) is 0 Å². The van der Waals surface area contributed by atoms with Crippen molar-refractivity contribution in [3.05, 3.63) is 315 Å². The highest BCUT2D eigenvalue weighted by Crippen LogP contribution is 2.62. The zero-order valence-electron chi connectivity index (χ0n) is 55.6. The Morgan fingerprint density at radius 3 is 1.11 bits per heavy atom. The number of aromatic nitrogens is 8. The quantitative estimate of drug-likeness (QED) is 0.133. The van der Waals surface area contributed by atoms with Crippen LogP contribution in [0.15, 0.2) is 324 Å². The Labute approximate surface area is 606 Å². The molecule has 10 nitrogen and oxygen atoms in total. The summed E-state index contributed by atoms with van der Waals surface area (Å²) < 4.78 is 18.0. The van der Waals surface area contributed by atoms with Crippen LogP contribution in [0.1, 0.15) is 0 Å². The second-order valence-electron chi connectivity index (χ2n) is 26.8. The molecular formula is C90H52N8O2P4S. The SMILES string of the molecule is c1ccc2c(c1)c1ccccc1n2-c1nnc(-n2c3ccccc3c3c(-c4ccc5c(c4)c4ccccc4p5-c4ccc(-c5nnc(-c6ccc(-p7c8ccccc8c8c(-c9ccc%10c(c9)c9ccccc9p%10-c9nnc(-p%10c%11ccccc%11c%11ccccc%11%10)o9)cccc87)cc6)o5)cc4)cccc32)s1. The third-order valence-electron chi connectivity index (χ3n) is 21.3. The molecule has 0 radical (unpaired) electrons. The summed E-state index contributed by atoms with van der Waals surface area (Å²) >= 11 is 1.61. The lowest BCUT2D eigenvalue weighted by Gasteiger charge is -2.08. The molecule has 3 atom stereocenters. The predicted octanol–water partition coefficient (Wildman–Crippen LogP) is 27.3. The summed E-state index contributed by atoms with van der Waals surface area (Å²) in [6.45, 7) is 0. The lowest BCUT2D eigenvalue weighted by Crippen LogP contribution is -1.93. The van der Waals surface area contributed by atoms with Crippen LogP contribution < -0.4 is 0 Å². The first-order chi connectivity index (χ1) is 52.1. The standard InChI is InChI=1S/C90H52N8O2P4S/c1-9-29-71-61(19-1)62-20-2-10-30-72(62)97(71)87-93-94-88(105-87)98-73-31-11-3-25-67(73)83-59(27-17-32-74(83)98)55-43-49-80-69(51-55)65-23-6-12-33-75(65)101(80)57-45-39-53(40-46-57)85-91-92-86(99-85)54-41-47-58(48-42-54)102-79-37-16-8-26-68(79)84-60(28-18-38-82(84)102)56-44-50-81-70(52-56)66-24-7-15-36-78(66)104(81)90-96-95-89(100-90)103-76-34-13-4-21-63(76)64-22-5-14-35-77(64)103/h1-52H. The molecule has 0 saturated carbocycles. The molecule has 0 bridgehead atoms. The number of hydrogen-bond acceptors (Lipinski definition) is 9. The van der Waals surface area contributed by atoms with Crippen LogP contribution in [0.2, 0.25) is 0 Å². The average molecular weight is 1430 g/mol. The minimum absolute atomic E-state index is 0.486. The second-order valence-corrected chi connectivity index (χ2v) is 36.0. The van der Waals surface area contributed by atoms with Gasteiger partial charge in [0.15, 0.2) is 0 Å². The molecule has 0 aliphatic rings. The van der Waals surface area contributed by atoms with E-state index in [0.717, 1.165) is 43.5 Å². The molecule has 0 fully saturated rings. The Bertz CT molecular complexity index is 7460. The van der Waals surface area contributed by atoms with Crippen LogP contribution in [-0.2, 0) is 0 Å². The van der Waals surface area contributed by atoms with E-state index in [1.54, 1.807) is 11.3 Å². The van der Waals surface area contributed by atoms with Crippen LogP contribution in [0.3, 0.4) is 0 Å². The molecule has 23 aromatic rings. The van der Waals surface area contributed by atoms with Gasteiger partial charge in [-0.3, -0.25) is 9.13 Å². The Morgan fingerprint density at radius 1 is 0.238 bits per heavy atom. The fraction of sp³-hybridized carbons (Fsp3) is 0. The lowest BCUT2D eigenvalue weighted by molar-refractivity contribution is 0.584. The third-order valence-corrected chi connectivity index (χ3v) is 31.9. The molecule has 9 aromatic heterocycles. The molecule has 105 heavy (non-hydrogen) atoms. The topological polar surface area (TPSA) is 113 Å². The summed E-state index contributed by atoms with van der Waals surface area (Å²) in [6, 6.07) is 115. The van der Waals surface area contributed by atoms with Gasteiger partial charge in [0, 0.05) is 79.0 Å². The molecule has 3 unspecified atom stereocenters. The number of rotatable bonds is 10. The molecule has 0 amide bonds. The van der Waals surface area contributed by atoms with Gasteiger partial charge in [-0.2, -0.15) is 0 Å². The van der Waals surface area contributed by atoms with Gasteiger partial charge in [-0.25, -0.2) is 0 Å². The zero-order chi connectivity index (χ0) is 68.5. The highest BCUT2D eigenvalue weighted by Gasteiger charge is 2.27. The van der Waals surface area contributed by atoms with Gasteiger partial charge in [0.1, 0.15) is 0 Å². The maximum Gasteiger partial charge on any atom is 0.264 e. The van der Waals surface area contributed by atoms with Gasteiger partial charge in [-0.15, -0.1) is 30.6 Å². The van der Waals surface area contributed by atoms with E-state index in [0.29, 0.717) is 23.0 Å². The Balaban J connectivity index is 0.546. The zero-order valence-corrected chi connectivity index (χ0v) is 60.0. The molecule has 15 heteroatoms. The first kappa shape index (κ1) is 59.3. The Morgan fingerprint density at radius 2 is 0.590 bits per heavy atom. The number of nitrogens with zero attached hydrogens (tertiary/aromatic N) is 8. The van der Waals surface area contributed by atoms with Crippen molar-refractivity contribution in [2.45, 2.75) is 0 Å². The van der Waals surface area contributed by atoms with E-state index < -0.39 is 30.1 Å². The average Bonchev–Trinajstić information content (AvgIpc) is 1.53. The number of fused-ring (bicyclic) bond motifs is 18. The van der Waals surface area contributed by atoms with Gasteiger partial charge < -0.3 is 8.83 Å². The smallest absolute Gasteiger partial charge is 0.264 e. The number of benzene rings is 14. The highest BCUT2D eigenvalue weighted by molar-refractivity contribution is 7.69. The largest absolute Gasteiger partial charge is 0.416 e. The van der Waals surface area contributed by atoms with Crippen molar-refractivity contribution in [1.82, 2.24) is 39.7 Å². The maximum atomic E-state index is 6.90. The van der Waals surface area contributed by atoms with Crippen molar-refractivity contribution in [3.63, 3.8) is 0 Å². The van der Waals surface area contributed by atoms with Crippen molar-refractivity contribution < 1.29 is 8.83 Å². The molecule has 23 rings (SSSR count). The predicted molar refractivity (Wildman–Crippen MR) is 442 cm³/mol. The van der Waals surface area contributed by atoms with Crippen LogP contribution in [0.25, 0.3) is 205 Å². The highest BCUT2D eigenvalue weighted by atomic mass is 32.1. The summed E-state index contributed by atoms with van der Waals surface area (Å²) in [4.78, 5) is 0. The van der Waals surface area contributed by atoms with Gasteiger partial charge in [-0.1, -0.05) is 221 Å². The van der Waals surface area contributed by atoms with Gasteiger partial charge in [0.25, 0.3) is 11.3 Å². The number of para-hydroxylation sites is 3. The molecule has 14 aromatic carbocycles. The van der Waals surface area contributed by atoms with E-state index >= 15 is 0 Å². The monoisotopic (exact) mass is 1430 g/mol. The van der Waals surface area contributed by atoms with E-state index in [4.69, 9.17) is 29.2 Å². The molecule has 9 heterocycles. The third kappa shape index (κ3) is 8.86. The molecule has 0 saturated heterocycles. The second kappa shape index (κ2) is 23.1. The molecule has 0 aliphatic carbocycles. The molecular weight excluding hydrogens is 1380 g/mol. The van der Waals surface area contributed by atoms with Crippen LogP contribution in [-0.4, -0.2) is 39.7 Å². The van der Waals surface area contributed by atoms with Crippen molar-refractivity contribution in [2.75, 3.05) is 0 Å². The molecule has 0 aliphatic heterocycles. The van der Waals surface area contributed by atoms with Crippen molar-refractivity contribution >= 4 is 169 Å². The van der Waals surface area contributed by atoms with Crippen molar-refractivity contribution in [1.29, 1.82) is 0 Å². The minimum atomic E-state index is -1.08. The van der Waals surface area contributed by atoms with Crippen molar-refractivity contribution in [3.8, 4) is 77.3 Å². The first-order valence-corrected chi connectivity index (χ1v) is 41.1. The van der Waals surface area contributed by atoms with Crippen LogP contribution >= 0.6 is 41.5 Å². The van der Waals surface area contributed by atoms with Crippen LogP contribution in [0.4, 0.5) is 0 Å². The van der Waals surface area contributed by atoms with Crippen molar-refractivity contribution in [2.24, 2.45) is 0 Å². The van der Waals surface area contributed by atoms with Gasteiger partial charge in [0.05, 0.1) is 22.1 Å². The van der Waals surface area contributed by atoms with Crippen LogP contribution in [0, 0.1) is 0 Å². The summed E-state index contributed by atoms with van der Waals surface area (Å²) in [5.74, 6) is 0.971. The summed E-state index contributed by atoms with van der Waals surface area (Å²) in [5.41, 5.74) is 12.3. The Hall–Kier alpha value is -12.3. The normalized spacial score (nSPS) is 12.7. The summed E-state index contributed by atoms with van der Waals surface area (Å²) in [7, 11) is -3.80. The maximum absolute atomic E-state index is 6.90. The van der Waals surface area contributed by atoms with Gasteiger partial charge in [0.2, 0.25) is 22.0 Å². The van der Waals surface area contributed by atoms with E-state index in [1.807, 2.05) is 0 Å². The fourth-order valence-corrected chi connectivity index (χ4v) is 27.6. The first-order valence-electron chi connectivity index (χ1n) is 34.9. The van der Waals surface area contributed by atoms with E-state index in [1.165, 1.54) is 138 Å². The summed E-state index contributed by atoms with van der Waals surface area (Å²) in [5, 5.41) is 58.3. The lowest BCUT2D eigenvalue weighted by atomic mass is 9.98. The minimum Gasteiger partial charge on any atom is -0.416 e. The molecule has 0 N–H and O–H groups in total. The Kier molecular flexibility index (Phi) is 13.0.